The van der Waals surface area contributed by atoms with Gasteiger partial charge in [0, 0.05) is 12.8 Å². The van der Waals surface area contributed by atoms with Gasteiger partial charge in [-0.05, 0) is 13.8 Å². The second-order valence-electron chi connectivity index (χ2n) is 2.83. The maximum absolute atomic E-state index is 9.99. The first-order valence-electron chi connectivity index (χ1n) is 3.94. The summed E-state index contributed by atoms with van der Waals surface area (Å²) in [4.78, 5) is 20.0. The van der Waals surface area contributed by atoms with Gasteiger partial charge in [-0.15, -0.1) is 24.7 Å². The number of carbonyl (C=O) groups excluding carboxylic acids is 2. The molecule has 0 atom stereocenters. The molecule has 0 fully saturated rings. The molecule has 5 heteroatoms. The van der Waals surface area contributed by atoms with Crippen molar-refractivity contribution >= 4 is 11.6 Å². The summed E-state index contributed by atoms with van der Waals surface area (Å²) in [5.74, 6) is -0.875. The van der Waals surface area contributed by atoms with Crippen LogP contribution in [-0.2, 0) is 29.1 Å². The van der Waals surface area contributed by atoms with Crippen molar-refractivity contribution in [3.8, 4) is 0 Å². The molecule has 0 unspecified atom stereocenters. The summed E-state index contributed by atoms with van der Waals surface area (Å²) in [5, 5.41) is 19.8. The Balaban J connectivity index is -0.000000180. The van der Waals surface area contributed by atoms with Gasteiger partial charge in [0.25, 0.3) is 0 Å². The fraction of sp³-hybridized carbons (Fsp3) is 0.400. The number of ketones is 2. The molecule has 0 heterocycles. The molecule has 0 aliphatic rings. The Hall–Kier alpha value is -0.957. The third-order valence-corrected chi connectivity index (χ3v) is 0.892. The second kappa shape index (κ2) is 11.1. The summed E-state index contributed by atoms with van der Waals surface area (Å²) in [6, 6.07) is 0. The Bertz CT molecular complexity index is 196. The van der Waals surface area contributed by atoms with E-state index < -0.39 is 0 Å². The van der Waals surface area contributed by atoms with Crippen molar-refractivity contribution in [2.45, 2.75) is 26.7 Å². The third-order valence-electron chi connectivity index (χ3n) is 0.892. The van der Waals surface area contributed by atoms with Crippen LogP contribution < -0.4 is 10.2 Å². The number of rotatable bonds is 4. The van der Waals surface area contributed by atoms with Crippen LogP contribution in [0.15, 0.2) is 24.7 Å². The zero-order valence-corrected chi connectivity index (χ0v) is 12.1. The molecule has 0 aliphatic carbocycles. The largest absolute Gasteiger partial charge is 2.00 e. The van der Waals surface area contributed by atoms with Gasteiger partial charge in [-0.3, -0.25) is 9.59 Å². The van der Waals surface area contributed by atoms with Crippen molar-refractivity contribution in [2.24, 2.45) is 0 Å². The first-order valence-corrected chi connectivity index (χ1v) is 3.94. The van der Waals surface area contributed by atoms with Gasteiger partial charge in [-0.25, -0.2) is 0 Å². The molecular formula is C10H14O4Zn. The molecule has 0 rings (SSSR count). The summed E-state index contributed by atoms with van der Waals surface area (Å²) in [7, 11) is 0. The number of allylic oxidation sites excluding steroid dienone is 2. The zero-order chi connectivity index (χ0) is 11.7. The van der Waals surface area contributed by atoms with Gasteiger partial charge in [-0.2, -0.15) is 0 Å². The minimum absolute atomic E-state index is 0. The molecule has 15 heavy (non-hydrogen) atoms. The van der Waals surface area contributed by atoms with Gasteiger partial charge in [0.05, 0.1) is 0 Å². The fourth-order valence-corrected chi connectivity index (χ4v) is 0.555. The van der Waals surface area contributed by atoms with Crippen LogP contribution >= 0.6 is 0 Å². The molecule has 0 radical (unpaired) electrons. The Morgan fingerprint density at radius 1 is 0.933 bits per heavy atom. The van der Waals surface area contributed by atoms with Gasteiger partial charge in [0.1, 0.15) is 11.6 Å². The predicted octanol–water partition coefficient (Wildman–Crippen LogP) is -0.323. The van der Waals surface area contributed by atoms with E-state index in [0.29, 0.717) is 0 Å². The van der Waals surface area contributed by atoms with Crippen LogP contribution in [0.25, 0.3) is 0 Å². The van der Waals surface area contributed by atoms with Crippen molar-refractivity contribution < 1.29 is 39.3 Å². The van der Waals surface area contributed by atoms with Crippen LogP contribution in [0.4, 0.5) is 0 Å². The zero-order valence-electron chi connectivity index (χ0n) is 9.17. The molecule has 0 aromatic carbocycles. The topological polar surface area (TPSA) is 80.3 Å². The first-order chi connectivity index (χ1) is 6.25. The minimum atomic E-state index is -0.312. The van der Waals surface area contributed by atoms with Gasteiger partial charge in [-0.1, -0.05) is 0 Å². The number of carbonyl (C=O) groups is 2. The third kappa shape index (κ3) is 32.1. The molecule has 0 bridgehead atoms. The van der Waals surface area contributed by atoms with Crippen molar-refractivity contribution in [3.63, 3.8) is 0 Å². The van der Waals surface area contributed by atoms with E-state index in [1.165, 1.54) is 13.8 Å². The molecule has 0 N–H and O–H groups in total. The van der Waals surface area contributed by atoms with Crippen LogP contribution in [0.5, 0.6) is 0 Å². The maximum Gasteiger partial charge on any atom is 2.00 e. The molecule has 0 aliphatic heterocycles. The molecule has 0 aromatic rings. The van der Waals surface area contributed by atoms with E-state index in [1.807, 2.05) is 0 Å². The summed E-state index contributed by atoms with van der Waals surface area (Å²) in [5.41, 5.74) is 0. The van der Waals surface area contributed by atoms with Crippen molar-refractivity contribution in [1.82, 2.24) is 0 Å². The monoisotopic (exact) mass is 262 g/mol. The smallest absolute Gasteiger partial charge is 0.876 e. The fourth-order valence-electron chi connectivity index (χ4n) is 0.555. The van der Waals surface area contributed by atoms with Gasteiger partial charge < -0.3 is 10.2 Å². The molecule has 80 valence electrons. The molecule has 4 nitrogen and oxygen atoms in total. The van der Waals surface area contributed by atoms with Gasteiger partial charge in [0.15, 0.2) is 0 Å². The van der Waals surface area contributed by atoms with E-state index >= 15 is 0 Å². The van der Waals surface area contributed by atoms with Gasteiger partial charge >= 0.3 is 19.5 Å². The Kier molecular flexibility index (Phi) is 14.5. The first kappa shape index (κ1) is 19.6. The van der Waals surface area contributed by atoms with Gasteiger partial charge in [0.2, 0.25) is 0 Å². The summed E-state index contributed by atoms with van der Waals surface area (Å²) < 4.78 is 0. The summed E-state index contributed by atoms with van der Waals surface area (Å²) >= 11 is 0. The molecule has 0 spiro atoms. The van der Waals surface area contributed by atoms with Crippen molar-refractivity contribution in [2.75, 3.05) is 0 Å². The van der Waals surface area contributed by atoms with E-state index in [2.05, 4.69) is 13.2 Å². The minimum Gasteiger partial charge on any atom is -0.876 e. The van der Waals surface area contributed by atoms with E-state index in [9.17, 15) is 19.8 Å². The summed E-state index contributed by atoms with van der Waals surface area (Å²) in [6.07, 6.45) is -0.0556. The van der Waals surface area contributed by atoms with Crippen LogP contribution in [0.2, 0.25) is 0 Å². The van der Waals surface area contributed by atoms with E-state index in [1.54, 1.807) is 0 Å². The SMILES string of the molecule is C=C([O-])CC(C)=O.C=C([O-])CC(C)=O.[Zn+2]. The van der Waals surface area contributed by atoms with E-state index in [-0.39, 0.29) is 55.4 Å². The number of hydrogen-bond donors (Lipinski definition) is 0. The maximum atomic E-state index is 9.99. The average Bonchev–Trinajstić information content (AvgIpc) is 1.79. The second-order valence-corrected chi connectivity index (χ2v) is 2.83. The van der Waals surface area contributed by atoms with E-state index in [4.69, 9.17) is 0 Å². The predicted molar refractivity (Wildman–Crippen MR) is 48.9 cm³/mol. The molecule has 0 aromatic heterocycles. The Labute approximate surface area is 102 Å². The molecule has 0 saturated carbocycles. The van der Waals surface area contributed by atoms with Crippen LogP contribution in [0.3, 0.4) is 0 Å². The molecular weight excluding hydrogens is 249 g/mol. The normalized spacial score (nSPS) is 7.60. The van der Waals surface area contributed by atoms with Crippen LogP contribution in [0, 0.1) is 0 Å². The van der Waals surface area contributed by atoms with Crippen molar-refractivity contribution in [3.05, 3.63) is 24.7 Å². The molecule has 0 saturated heterocycles. The standard InChI is InChI=1S/2C5H8O2.Zn/c2*1-4(6)3-5(2)7;/h2*6H,1,3H2,2H3;/q;;+2/p-2. The average molecular weight is 264 g/mol. The quantitative estimate of drug-likeness (QED) is 0.514. The van der Waals surface area contributed by atoms with Crippen LogP contribution in [0.1, 0.15) is 26.7 Å². The van der Waals surface area contributed by atoms with E-state index in [0.717, 1.165) is 0 Å². The Morgan fingerprint density at radius 2 is 1.13 bits per heavy atom. The van der Waals surface area contributed by atoms with Crippen molar-refractivity contribution in [1.29, 1.82) is 0 Å². The molecule has 0 amide bonds. The van der Waals surface area contributed by atoms with Crippen LogP contribution in [-0.4, -0.2) is 11.6 Å². The summed E-state index contributed by atoms with van der Waals surface area (Å²) in [6.45, 7) is 8.77. The number of hydrogen-bond acceptors (Lipinski definition) is 4. The Morgan fingerprint density at radius 3 is 1.13 bits per heavy atom. The number of Topliss-reactive ketones (excluding diaryl/α,β-unsaturated/α-hetero) is 2.